The van der Waals surface area contributed by atoms with Crippen LogP contribution in [0.5, 0.6) is 11.5 Å². The second-order valence-electron chi connectivity index (χ2n) is 8.72. The fourth-order valence-electron chi connectivity index (χ4n) is 5.35. The minimum atomic E-state index is -1.02. The summed E-state index contributed by atoms with van der Waals surface area (Å²) >= 11 is 5.34. The molecule has 2 aliphatic rings. The summed E-state index contributed by atoms with van der Waals surface area (Å²) in [6.07, 6.45) is 3.05. The number of methoxy groups -OCH3 is 2. The van der Waals surface area contributed by atoms with Crippen LogP contribution in [0.4, 0.5) is 19.3 Å². The number of nitrogens with one attached hydrogen (secondary N) is 2. The van der Waals surface area contributed by atoms with Crippen molar-refractivity contribution in [2.24, 2.45) is 5.73 Å². The van der Waals surface area contributed by atoms with E-state index in [9.17, 15) is 13.6 Å². The molecule has 10 heteroatoms. The molecule has 0 unspecified atom stereocenters. The number of hydrogen-bond acceptors (Lipinski definition) is 4. The van der Waals surface area contributed by atoms with Crippen molar-refractivity contribution in [2.45, 2.75) is 43.2 Å². The summed E-state index contributed by atoms with van der Waals surface area (Å²) in [7, 11) is 3.21. The van der Waals surface area contributed by atoms with Crippen molar-refractivity contribution in [2.75, 3.05) is 26.1 Å². The lowest BCUT2D eigenvalue weighted by Gasteiger charge is -2.45. The number of carbonyl (C=O) groups excluding carboxylic acids is 1. The zero-order valence-corrected chi connectivity index (χ0v) is 19.9. The summed E-state index contributed by atoms with van der Waals surface area (Å²) < 4.78 is 37.5. The Kier molecular flexibility index (Phi) is 6.79. The molecule has 2 aromatic rings. The minimum absolute atomic E-state index is 0.00887. The van der Waals surface area contributed by atoms with Gasteiger partial charge in [0.2, 0.25) is 0 Å². The van der Waals surface area contributed by atoms with Gasteiger partial charge in [-0.25, -0.2) is 13.6 Å². The van der Waals surface area contributed by atoms with Crippen molar-refractivity contribution < 1.29 is 23.0 Å². The van der Waals surface area contributed by atoms with Crippen LogP contribution in [0.25, 0.3) is 0 Å². The highest BCUT2D eigenvalue weighted by atomic mass is 32.1. The molecule has 1 aliphatic heterocycles. The molecule has 34 heavy (non-hydrogen) atoms. The summed E-state index contributed by atoms with van der Waals surface area (Å²) in [6, 6.07) is 8.58. The van der Waals surface area contributed by atoms with Gasteiger partial charge in [0.1, 0.15) is 0 Å². The van der Waals surface area contributed by atoms with Crippen molar-refractivity contribution in [1.29, 1.82) is 0 Å². The molecule has 2 aromatic carbocycles. The summed E-state index contributed by atoms with van der Waals surface area (Å²) in [6.45, 7) is 0.724. The predicted molar refractivity (Wildman–Crippen MR) is 129 cm³/mol. The van der Waals surface area contributed by atoms with Gasteiger partial charge >= 0.3 is 6.03 Å². The number of amides is 2. The number of ether oxygens (including phenoxy) is 2. The molecule has 7 nitrogen and oxygen atoms in total. The van der Waals surface area contributed by atoms with E-state index in [0.29, 0.717) is 23.0 Å². The van der Waals surface area contributed by atoms with Gasteiger partial charge in [-0.3, -0.25) is 0 Å². The Morgan fingerprint density at radius 3 is 2.56 bits per heavy atom. The molecule has 0 spiro atoms. The number of nitrogens with zero attached hydrogens (tertiary/aromatic N) is 1. The first-order chi connectivity index (χ1) is 16.3. The Hall–Kier alpha value is -3.14. The smallest absolute Gasteiger partial charge is 0.319 e. The molecule has 182 valence electrons. The number of likely N-dealkylation sites (tertiary alicyclic amines) is 1. The van der Waals surface area contributed by atoms with Crippen LogP contribution in [0, 0.1) is 11.6 Å². The van der Waals surface area contributed by atoms with Gasteiger partial charge in [-0.1, -0.05) is 6.07 Å². The Bertz CT molecular complexity index is 1100. The predicted octanol–water partition coefficient (Wildman–Crippen LogP) is 3.91. The highest BCUT2D eigenvalue weighted by Crippen LogP contribution is 2.50. The van der Waals surface area contributed by atoms with Crippen LogP contribution in [-0.2, 0) is 5.41 Å². The lowest BCUT2D eigenvalue weighted by molar-refractivity contribution is 0.179. The van der Waals surface area contributed by atoms with E-state index in [4.69, 9.17) is 27.4 Å². The quantitative estimate of drug-likeness (QED) is 0.551. The Labute approximate surface area is 202 Å². The fourth-order valence-corrected chi connectivity index (χ4v) is 5.57. The normalized spacial score (nSPS) is 23.7. The van der Waals surface area contributed by atoms with Gasteiger partial charge in [0.25, 0.3) is 0 Å². The van der Waals surface area contributed by atoms with Crippen molar-refractivity contribution in [3.63, 3.8) is 0 Å². The van der Waals surface area contributed by atoms with E-state index in [-0.39, 0.29) is 23.2 Å². The van der Waals surface area contributed by atoms with Crippen LogP contribution in [-0.4, -0.2) is 48.9 Å². The molecule has 2 fully saturated rings. The molecule has 1 aliphatic carbocycles. The van der Waals surface area contributed by atoms with E-state index in [1.165, 1.54) is 6.07 Å². The zero-order chi connectivity index (χ0) is 24.5. The van der Waals surface area contributed by atoms with Crippen molar-refractivity contribution in [3.05, 3.63) is 53.6 Å². The highest BCUT2D eigenvalue weighted by molar-refractivity contribution is 7.80. The number of anilines is 1. The van der Waals surface area contributed by atoms with E-state index in [0.717, 1.165) is 43.5 Å². The molecular formula is C24H28F2N4O3S. The van der Waals surface area contributed by atoms with Crippen LogP contribution in [0.1, 0.15) is 31.2 Å². The third-order valence-corrected chi connectivity index (χ3v) is 7.25. The second kappa shape index (κ2) is 9.61. The van der Waals surface area contributed by atoms with Crippen LogP contribution in [0.3, 0.4) is 0 Å². The number of benzene rings is 2. The van der Waals surface area contributed by atoms with Gasteiger partial charge in [-0.05, 0) is 67.7 Å². The number of rotatable bonds is 5. The number of halogens is 2. The van der Waals surface area contributed by atoms with Gasteiger partial charge in [0, 0.05) is 35.8 Å². The monoisotopic (exact) mass is 490 g/mol. The molecule has 0 aromatic heterocycles. The van der Waals surface area contributed by atoms with Gasteiger partial charge in [0.05, 0.1) is 14.2 Å². The maximum Gasteiger partial charge on any atom is 0.319 e. The lowest BCUT2D eigenvalue weighted by atomic mass is 9.65. The number of fused-ring (bicyclic) bond motifs is 1. The largest absolute Gasteiger partial charge is 0.493 e. The number of thiocarbonyl (C=S) groups is 1. The minimum Gasteiger partial charge on any atom is -0.493 e. The van der Waals surface area contributed by atoms with Gasteiger partial charge in [-0.2, -0.15) is 0 Å². The van der Waals surface area contributed by atoms with E-state index in [1.54, 1.807) is 14.2 Å². The van der Waals surface area contributed by atoms with E-state index < -0.39 is 17.7 Å². The number of urea groups is 1. The van der Waals surface area contributed by atoms with E-state index >= 15 is 0 Å². The third kappa shape index (κ3) is 4.46. The molecule has 2 amide bonds. The summed E-state index contributed by atoms with van der Waals surface area (Å²) in [5, 5.41) is 5.86. The lowest BCUT2D eigenvalue weighted by Crippen LogP contribution is -2.54. The number of carbonyl (C=O) groups is 1. The van der Waals surface area contributed by atoms with Crippen LogP contribution >= 0.6 is 12.2 Å². The molecule has 4 N–H and O–H groups in total. The molecule has 1 saturated carbocycles. The van der Waals surface area contributed by atoms with Crippen LogP contribution in [0.15, 0.2) is 36.4 Å². The fraction of sp³-hybridized carbons (Fsp3) is 0.417. The molecule has 0 bridgehead atoms. The van der Waals surface area contributed by atoms with Gasteiger partial charge in [-0.15, -0.1) is 0 Å². The van der Waals surface area contributed by atoms with Gasteiger partial charge in [0.15, 0.2) is 28.2 Å². The van der Waals surface area contributed by atoms with Crippen LogP contribution in [0.2, 0.25) is 0 Å². The first kappa shape index (κ1) is 24.0. The summed E-state index contributed by atoms with van der Waals surface area (Å²) in [5.74, 6) is -0.669. The molecule has 3 atom stereocenters. The maximum absolute atomic E-state index is 13.5. The Morgan fingerprint density at radius 1 is 1.12 bits per heavy atom. The average Bonchev–Trinajstić information content (AvgIpc) is 3.21. The summed E-state index contributed by atoms with van der Waals surface area (Å²) in [4.78, 5) is 14.6. The van der Waals surface area contributed by atoms with Crippen molar-refractivity contribution in [3.8, 4) is 11.5 Å². The molecule has 0 radical (unpaired) electrons. The van der Waals surface area contributed by atoms with E-state index in [2.05, 4.69) is 16.7 Å². The zero-order valence-electron chi connectivity index (χ0n) is 19.1. The topological polar surface area (TPSA) is 88.9 Å². The first-order valence-electron chi connectivity index (χ1n) is 11.1. The SMILES string of the molecule is COc1ccc([C@@]23CC[C@@H](NC(=O)Nc4ccc(F)c(F)c4)C[C@@H]2N(C(N)=S)CC3)cc1OC. The Morgan fingerprint density at radius 2 is 1.88 bits per heavy atom. The average molecular weight is 491 g/mol. The molecule has 1 heterocycles. The highest BCUT2D eigenvalue weighted by Gasteiger charge is 2.52. The second-order valence-corrected chi connectivity index (χ2v) is 9.14. The van der Waals surface area contributed by atoms with Crippen molar-refractivity contribution >= 4 is 29.0 Å². The Balaban J connectivity index is 1.53. The summed E-state index contributed by atoms with van der Waals surface area (Å²) in [5.41, 5.74) is 7.17. The van der Waals surface area contributed by atoms with Crippen molar-refractivity contribution in [1.82, 2.24) is 10.2 Å². The third-order valence-electron chi connectivity index (χ3n) is 7.01. The standard InChI is InChI=1S/C24H28F2N4O3S/c1-32-19-6-3-14(11-20(19)33-2)24-8-7-16(13-21(24)30(10-9-24)22(27)34)29-23(31)28-15-4-5-17(25)18(26)12-15/h3-6,11-12,16,21H,7-10,13H2,1-2H3,(H2,27,34)(H2,28,29,31)/t16-,21+,24+/m1/s1. The van der Waals surface area contributed by atoms with Crippen LogP contribution < -0.4 is 25.8 Å². The number of hydrogen-bond donors (Lipinski definition) is 3. The number of nitrogens with two attached hydrogens (primary N) is 1. The van der Waals surface area contributed by atoms with Gasteiger partial charge < -0.3 is 30.7 Å². The molecular weight excluding hydrogens is 462 g/mol. The maximum atomic E-state index is 13.5. The molecule has 4 rings (SSSR count). The molecule has 1 saturated heterocycles. The van der Waals surface area contributed by atoms with E-state index in [1.807, 2.05) is 17.0 Å². The first-order valence-corrected chi connectivity index (χ1v) is 11.5.